The smallest absolute Gasteiger partial charge is 0.357 e. The van der Waals surface area contributed by atoms with Crippen LogP contribution in [0.3, 0.4) is 0 Å². The molecule has 0 N–H and O–H groups in total. The van der Waals surface area contributed by atoms with Gasteiger partial charge >= 0.3 is 5.97 Å². The van der Waals surface area contributed by atoms with E-state index in [4.69, 9.17) is 74.3 Å². The highest BCUT2D eigenvalue weighted by Crippen LogP contribution is 2.42. The summed E-state index contributed by atoms with van der Waals surface area (Å²) in [4.78, 5) is 16.5. The van der Waals surface area contributed by atoms with Gasteiger partial charge in [-0.25, -0.2) is 9.78 Å². The lowest BCUT2D eigenvalue weighted by Gasteiger charge is -2.14. The number of rotatable bonds is 3. The summed E-state index contributed by atoms with van der Waals surface area (Å²) >= 11 is 37.3. The van der Waals surface area contributed by atoms with Crippen molar-refractivity contribution < 1.29 is 9.53 Å². The Morgan fingerprint density at radius 2 is 1.25 bits per heavy atom. The molecule has 144 valence electrons. The third kappa shape index (κ3) is 4.20. The van der Waals surface area contributed by atoms with Crippen molar-refractivity contribution in [3.8, 4) is 22.3 Å². The summed E-state index contributed by atoms with van der Waals surface area (Å²) in [6.07, 6.45) is 1.45. The van der Waals surface area contributed by atoms with Gasteiger partial charge in [0.2, 0.25) is 0 Å². The maximum atomic E-state index is 12.3. The molecule has 9 heteroatoms. The fourth-order valence-electron chi connectivity index (χ4n) is 2.67. The minimum absolute atomic E-state index is 0.0265. The quantitative estimate of drug-likeness (QED) is 0.344. The molecule has 1 heterocycles. The molecule has 3 rings (SSSR count). The maximum Gasteiger partial charge on any atom is 0.357 e. The SMILES string of the molecule is COC(=O)c1ncc(-c2c(Cl)cc(Cl)cc2Cl)cc1-c1c(Cl)cc(Cl)cc1Cl. The fourth-order valence-corrected chi connectivity index (χ4v) is 4.72. The predicted octanol–water partition coefficient (Wildman–Crippen LogP) is 8.12. The summed E-state index contributed by atoms with van der Waals surface area (Å²) in [6.45, 7) is 0. The molecule has 0 aliphatic rings. The van der Waals surface area contributed by atoms with E-state index in [0.29, 0.717) is 42.3 Å². The first kappa shape index (κ1) is 21.5. The van der Waals surface area contributed by atoms with E-state index in [0.717, 1.165) is 0 Å². The van der Waals surface area contributed by atoms with Crippen molar-refractivity contribution in [2.24, 2.45) is 0 Å². The van der Waals surface area contributed by atoms with Gasteiger partial charge in [0, 0.05) is 38.5 Å². The minimum atomic E-state index is -0.656. The van der Waals surface area contributed by atoms with Crippen molar-refractivity contribution >= 4 is 75.6 Å². The molecule has 0 fully saturated rings. The van der Waals surface area contributed by atoms with Gasteiger partial charge in [0.05, 0.1) is 27.2 Å². The lowest BCUT2D eigenvalue weighted by atomic mass is 9.98. The third-order valence-corrected chi connectivity index (χ3v) is 5.47. The number of nitrogens with zero attached hydrogens (tertiary/aromatic N) is 1. The molecule has 0 bridgehead atoms. The van der Waals surface area contributed by atoms with Gasteiger partial charge in [-0.1, -0.05) is 69.6 Å². The van der Waals surface area contributed by atoms with Crippen molar-refractivity contribution in [2.45, 2.75) is 0 Å². The number of pyridine rings is 1. The van der Waals surface area contributed by atoms with Crippen LogP contribution in [0.2, 0.25) is 30.1 Å². The number of hydrogen-bond acceptors (Lipinski definition) is 3. The predicted molar refractivity (Wildman–Crippen MR) is 117 cm³/mol. The number of esters is 1. The van der Waals surface area contributed by atoms with Crippen LogP contribution in [0.4, 0.5) is 0 Å². The largest absolute Gasteiger partial charge is 0.464 e. The molecule has 28 heavy (non-hydrogen) atoms. The zero-order valence-corrected chi connectivity index (χ0v) is 18.5. The molecule has 0 aliphatic carbocycles. The number of carbonyl (C=O) groups is 1. The van der Waals surface area contributed by atoms with E-state index < -0.39 is 5.97 Å². The first-order valence-corrected chi connectivity index (χ1v) is 9.88. The Kier molecular flexibility index (Phi) is 6.65. The zero-order valence-electron chi connectivity index (χ0n) is 14.0. The number of carbonyl (C=O) groups excluding carboxylic acids is 1. The molecule has 2 aromatic carbocycles. The molecule has 0 aliphatic heterocycles. The van der Waals surface area contributed by atoms with Gasteiger partial charge in [0.25, 0.3) is 0 Å². The van der Waals surface area contributed by atoms with Crippen LogP contribution in [0.1, 0.15) is 10.5 Å². The molecular formula is C19H9Cl6NO2. The summed E-state index contributed by atoms with van der Waals surface area (Å²) in [5.74, 6) is -0.656. The van der Waals surface area contributed by atoms with E-state index in [1.165, 1.54) is 25.4 Å². The standard InChI is InChI=1S/C19H9Cl6NO2/c1-28-19(27)18-11(17-14(24)5-10(21)6-15(17)25)2-8(7-26-18)16-12(22)3-9(20)4-13(16)23/h2-7H,1H3. The van der Waals surface area contributed by atoms with Crippen molar-refractivity contribution in [3.63, 3.8) is 0 Å². The van der Waals surface area contributed by atoms with Crippen LogP contribution < -0.4 is 0 Å². The van der Waals surface area contributed by atoms with Crippen LogP contribution in [0.15, 0.2) is 36.5 Å². The van der Waals surface area contributed by atoms with Crippen LogP contribution in [-0.2, 0) is 4.74 Å². The average molecular weight is 496 g/mol. The van der Waals surface area contributed by atoms with Crippen LogP contribution in [0.25, 0.3) is 22.3 Å². The van der Waals surface area contributed by atoms with Gasteiger partial charge in [0.15, 0.2) is 5.69 Å². The molecule has 1 aromatic heterocycles. The molecule has 0 saturated carbocycles. The Morgan fingerprint density at radius 3 is 1.71 bits per heavy atom. The monoisotopic (exact) mass is 493 g/mol. The first-order valence-electron chi connectivity index (χ1n) is 7.61. The number of hydrogen-bond donors (Lipinski definition) is 0. The van der Waals surface area contributed by atoms with Gasteiger partial charge in [-0.2, -0.15) is 0 Å². The van der Waals surface area contributed by atoms with Gasteiger partial charge in [0.1, 0.15) is 0 Å². The normalized spacial score (nSPS) is 10.8. The molecule has 3 nitrogen and oxygen atoms in total. The van der Waals surface area contributed by atoms with Gasteiger partial charge in [-0.3, -0.25) is 0 Å². The van der Waals surface area contributed by atoms with E-state index in [1.54, 1.807) is 18.2 Å². The van der Waals surface area contributed by atoms with E-state index in [2.05, 4.69) is 4.98 Å². The summed E-state index contributed by atoms with van der Waals surface area (Å²) in [5, 5.41) is 1.88. The molecular weight excluding hydrogens is 487 g/mol. The zero-order chi connectivity index (χ0) is 20.6. The number of benzene rings is 2. The van der Waals surface area contributed by atoms with Crippen LogP contribution in [-0.4, -0.2) is 18.1 Å². The lowest BCUT2D eigenvalue weighted by Crippen LogP contribution is -2.07. The van der Waals surface area contributed by atoms with E-state index >= 15 is 0 Å². The van der Waals surface area contributed by atoms with Gasteiger partial charge in [-0.15, -0.1) is 0 Å². The fraction of sp³-hybridized carbons (Fsp3) is 0.0526. The first-order chi connectivity index (χ1) is 13.2. The Morgan fingerprint density at radius 1 is 0.786 bits per heavy atom. The second-order valence-corrected chi connectivity index (χ2v) is 8.10. The molecule has 0 atom stereocenters. The second-order valence-electron chi connectivity index (χ2n) is 5.60. The summed E-state index contributed by atoms with van der Waals surface area (Å²) in [6, 6.07) is 7.79. The van der Waals surface area contributed by atoms with Crippen LogP contribution >= 0.6 is 69.6 Å². The average Bonchev–Trinajstić information content (AvgIpc) is 2.59. The highest BCUT2D eigenvalue weighted by Gasteiger charge is 2.22. The van der Waals surface area contributed by atoms with Gasteiger partial charge in [-0.05, 0) is 30.3 Å². The van der Waals surface area contributed by atoms with Crippen LogP contribution in [0, 0.1) is 0 Å². The molecule has 3 aromatic rings. The summed E-state index contributed by atoms with van der Waals surface area (Å²) < 4.78 is 4.83. The Labute approximate surface area is 191 Å². The Bertz CT molecular complexity index is 1050. The number of ether oxygens (including phenoxy) is 1. The molecule has 0 unspecified atom stereocenters. The number of methoxy groups -OCH3 is 1. The maximum absolute atomic E-state index is 12.3. The molecule has 0 spiro atoms. The van der Waals surface area contributed by atoms with E-state index in [9.17, 15) is 4.79 Å². The Balaban J connectivity index is 2.33. The van der Waals surface area contributed by atoms with Crippen molar-refractivity contribution in [1.29, 1.82) is 0 Å². The van der Waals surface area contributed by atoms with Crippen LogP contribution in [0.5, 0.6) is 0 Å². The summed E-state index contributed by atoms with van der Waals surface area (Å²) in [5.41, 5.74) is 1.79. The van der Waals surface area contributed by atoms with E-state index in [1.807, 2.05) is 0 Å². The Hall–Kier alpha value is -1.20. The van der Waals surface area contributed by atoms with Gasteiger partial charge < -0.3 is 4.74 Å². The molecule has 0 radical (unpaired) electrons. The van der Waals surface area contributed by atoms with Crippen molar-refractivity contribution in [1.82, 2.24) is 4.98 Å². The number of halogens is 6. The minimum Gasteiger partial charge on any atom is -0.464 e. The highest BCUT2D eigenvalue weighted by atomic mass is 35.5. The topological polar surface area (TPSA) is 39.2 Å². The third-order valence-electron chi connectivity index (χ3n) is 3.84. The van der Waals surface area contributed by atoms with E-state index in [-0.39, 0.29) is 15.7 Å². The molecule has 0 amide bonds. The lowest BCUT2D eigenvalue weighted by molar-refractivity contribution is 0.0595. The number of aromatic nitrogens is 1. The van der Waals surface area contributed by atoms with Crippen molar-refractivity contribution in [3.05, 3.63) is 72.4 Å². The second kappa shape index (κ2) is 8.66. The molecule has 0 saturated heterocycles. The summed E-state index contributed by atoms with van der Waals surface area (Å²) in [7, 11) is 1.25. The van der Waals surface area contributed by atoms with Crippen molar-refractivity contribution in [2.75, 3.05) is 7.11 Å². The highest BCUT2D eigenvalue weighted by molar-refractivity contribution is 6.43.